The summed E-state index contributed by atoms with van der Waals surface area (Å²) in [6.07, 6.45) is 6.43. The Morgan fingerprint density at radius 1 is 1.56 bits per heavy atom. The number of allylic oxidation sites excluding steroid dienone is 4. The van der Waals surface area contributed by atoms with Crippen molar-refractivity contribution >= 4 is 23.2 Å². The van der Waals surface area contributed by atoms with Crippen molar-refractivity contribution in [3.63, 3.8) is 0 Å². The molecule has 0 saturated carbocycles. The van der Waals surface area contributed by atoms with Gasteiger partial charge in [0.25, 0.3) is 0 Å². The molecule has 0 heterocycles. The van der Waals surface area contributed by atoms with Gasteiger partial charge in [-0.1, -0.05) is 23.8 Å². The first-order chi connectivity index (χ1) is 4.31. The Labute approximate surface area is 66.2 Å². The molecule has 0 N–H and O–H groups in total. The fraction of sp³-hybridized carbons (Fsp3) is 0.429. The Balaban J connectivity index is 3.55. The summed E-state index contributed by atoms with van der Waals surface area (Å²) in [6.45, 7) is 1.95. The number of hydrogen-bond donors (Lipinski definition) is 0. The van der Waals surface area contributed by atoms with Crippen molar-refractivity contribution in [3.8, 4) is 0 Å². The van der Waals surface area contributed by atoms with Crippen LogP contribution in [0, 0.1) is 0 Å². The molecule has 0 saturated heterocycles. The first kappa shape index (κ1) is 9.06. The second-order valence-electron chi connectivity index (χ2n) is 1.58. The highest BCUT2D eigenvalue weighted by Gasteiger charge is 1.85. The van der Waals surface area contributed by atoms with Gasteiger partial charge < -0.3 is 0 Å². The summed E-state index contributed by atoms with van der Waals surface area (Å²) in [7, 11) is 0. The molecule has 0 aromatic rings. The molecule has 0 amide bonds. The molecule has 0 spiro atoms. The lowest BCUT2D eigenvalue weighted by Gasteiger charge is -1.88. The average Bonchev–Trinajstić information content (AvgIpc) is 1.85. The minimum Gasteiger partial charge on any atom is -0.126 e. The predicted octanol–water partition coefficient (Wildman–Crippen LogP) is 3.31. The van der Waals surface area contributed by atoms with Crippen LogP contribution in [0.25, 0.3) is 0 Å². The smallest absolute Gasteiger partial charge is 0.0272 e. The van der Waals surface area contributed by atoms with E-state index in [-0.39, 0.29) is 0 Å². The molecule has 0 nitrogen and oxygen atoms in total. The molecule has 0 fully saturated rings. The summed E-state index contributed by atoms with van der Waals surface area (Å²) in [6, 6.07) is 0. The van der Waals surface area contributed by atoms with Crippen LogP contribution < -0.4 is 0 Å². The van der Waals surface area contributed by atoms with Gasteiger partial charge in [0.2, 0.25) is 0 Å². The maximum absolute atomic E-state index is 5.69. The molecule has 0 aliphatic rings. The quantitative estimate of drug-likeness (QED) is 0.444. The first-order valence-corrected chi connectivity index (χ1v) is 3.75. The third kappa shape index (κ3) is 5.94. The molecule has 0 aliphatic carbocycles. The van der Waals surface area contributed by atoms with Crippen LogP contribution in [-0.2, 0) is 0 Å². The molecule has 0 unspecified atom stereocenters. The average molecular weight is 165 g/mol. The van der Waals surface area contributed by atoms with Gasteiger partial charge in [-0.2, -0.15) is 0 Å². The highest BCUT2D eigenvalue weighted by atomic mass is 35.5. The number of halogens is 2. The van der Waals surface area contributed by atoms with Gasteiger partial charge in [-0.25, -0.2) is 0 Å². The van der Waals surface area contributed by atoms with Crippen molar-refractivity contribution in [2.75, 3.05) is 5.88 Å². The minimum absolute atomic E-state index is 0.590. The zero-order valence-corrected chi connectivity index (χ0v) is 6.91. The van der Waals surface area contributed by atoms with Gasteiger partial charge in [0.05, 0.1) is 0 Å². The Bertz CT molecular complexity index is 114. The van der Waals surface area contributed by atoms with Gasteiger partial charge in [0, 0.05) is 10.9 Å². The van der Waals surface area contributed by atoms with E-state index in [1.807, 2.05) is 25.2 Å². The van der Waals surface area contributed by atoms with Crippen LogP contribution in [-0.4, -0.2) is 5.88 Å². The molecule has 0 aromatic heterocycles. The van der Waals surface area contributed by atoms with E-state index in [4.69, 9.17) is 23.2 Å². The summed E-state index contributed by atoms with van der Waals surface area (Å²) in [5.74, 6) is 0.590. The molecule has 0 atom stereocenters. The molecule has 0 aliphatic heterocycles. The highest BCUT2D eigenvalue weighted by molar-refractivity contribution is 6.30. The lowest BCUT2D eigenvalue weighted by molar-refractivity contribution is 1.20. The normalized spacial score (nSPS) is 13.0. The Morgan fingerprint density at radius 3 is 2.67 bits per heavy atom. The third-order valence-electron chi connectivity index (χ3n) is 0.803. The van der Waals surface area contributed by atoms with E-state index < -0.39 is 0 Å². The van der Waals surface area contributed by atoms with Crippen molar-refractivity contribution < 1.29 is 0 Å². The van der Waals surface area contributed by atoms with E-state index in [1.54, 1.807) is 0 Å². The zero-order chi connectivity index (χ0) is 7.11. The zero-order valence-electron chi connectivity index (χ0n) is 5.40. The fourth-order valence-electron chi connectivity index (χ4n) is 0.374. The predicted molar refractivity (Wildman–Crippen MR) is 44.1 cm³/mol. The van der Waals surface area contributed by atoms with Gasteiger partial charge in [0.1, 0.15) is 0 Å². The molecule has 0 radical (unpaired) electrons. The van der Waals surface area contributed by atoms with Crippen LogP contribution >= 0.6 is 23.2 Å². The van der Waals surface area contributed by atoms with Crippen LogP contribution in [0.3, 0.4) is 0 Å². The number of alkyl halides is 1. The van der Waals surface area contributed by atoms with Crippen molar-refractivity contribution in [2.45, 2.75) is 13.3 Å². The molecular formula is C7H10Cl2. The van der Waals surface area contributed by atoms with E-state index in [1.165, 1.54) is 0 Å². The standard InChI is InChI=1S/C7H10Cl2/c1-2-3-4-7(9)5-6-8/h2-4H,5-6H2,1H3. The van der Waals surface area contributed by atoms with Crippen molar-refractivity contribution in [2.24, 2.45) is 0 Å². The molecule has 0 rings (SSSR count). The second kappa shape index (κ2) is 6.18. The van der Waals surface area contributed by atoms with Crippen LogP contribution in [0.1, 0.15) is 13.3 Å². The van der Waals surface area contributed by atoms with E-state index >= 15 is 0 Å². The van der Waals surface area contributed by atoms with Crippen LogP contribution in [0.15, 0.2) is 23.3 Å². The number of rotatable bonds is 3. The second-order valence-corrected chi connectivity index (χ2v) is 2.44. The lowest BCUT2D eigenvalue weighted by Crippen LogP contribution is -1.72. The SMILES string of the molecule is CC=CC=C(Cl)CCCl. The summed E-state index contributed by atoms with van der Waals surface area (Å²) in [4.78, 5) is 0. The van der Waals surface area contributed by atoms with Gasteiger partial charge in [-0.05, 0) is 19.4 Å². The number of hydrogen-bond acceptors (Lipinski definition) is 0. The van der Waals surface area contributed by atoms with Crippen molar-refractivity contribution in [3.05, 3.63) is 23.3 Å². The minimum atomic E-state index is 0.590. The van der Waals surface area contributed by atoms with Crippen molar-refractivity contribution in [1.82, 2.24) is 0 Å². The van der Waals surface area contributed by atoms with Gasteiger partial charge in [-0.3, -0.25) is 0 Å². The molecule has 9 heavy (non-hydrogen) atoms. The molecule has 52 valence electrons. The summed E-state index contributed by atoms with van der Waals surface area (Å²) in [5, 5.41) is 0.808. The van der Waals surface area contributed by atoms with Crippen LogP contribution in [0.2, 0.25) is 0 Å². The maximum Gasteiger partial charge on any atom is 0.0272 e. The fourth-order valence-corrected chi connectivity index (χ4v) is 0.842. The Kier molecular flexibility index (Phi) is 6.23. The maximum atomic E-state index is 5.69. The lowest BCUT2D eigenvalue weighted by atomic mass is 10.4. The molecule has 0 bridgehead atoms. The summed E-state index contributed by atoms with van der Waals surface area (Å²) < 4.78 is 0. The molecular weight excluding hydrogens is 155 g/mol. The van der Waals surface area contributed by atoms with E-state index in [2.05, 4.69) is 0 Å². The van der Waals surface area contributed by atoms with E-state index in [0.29, 0.717) is 5.88 Å². The van der Waals surface area contributed by atoms with E-state index in [9.17, 15) is 0 Å². The monoisotopic (exact) mass is 164 g/mol. The Morgan fingerprint density at radius 2 is 2.22 bits per heavy atom. The third-order valence-corrected chi connectivity index (χ3v) is 1.31. The Hall–Kier alpha value is 0.0600. The van der Waals surface area contributed by atoms with Gasteiger partial charge in [0.15, 0.2) is 0 Å². The highest BCUT2D eigenvalue weighted by Crippen LogP contribution is 2.07. The topological polar surface area (TPSA) is 0 Å². The summed E-state index contributed by atoms with van der Waals surface area (Å²) in [5.41, 5.74) is 0. The van der Waals surface area contributed by atoms with Crippen LogP contribution in [0.4, 0.5) is 0 Å². The summed E-state index contributed by atoms with van der Waals surface area (Å²) >= 11 is 11.1. The largest absolute Gasteiger partial charge is 0.126 e. The van der Waals surface area contributed by atoms with Gasteiger partial charge >= 0.3 is 0 Å². The van der Waals surface area contributed by atoms with E-state index in [0.717, 1.165) is 11.5 Å². The first-order valence-electron chi connectivity index (χ1n) is 2.84. The van der Waals surface area contributed by atoms with Crippen LogP contribution in [0.5, 0.6) is 0 Å². The molecule has 0 aromatic carbocycles. The van der Waals surface area contributed by atoms with Gasteiger partial charge in [-0.15, -0.1) is 11.6 Å². The molecule has 2 heteroatoms. The van der Waals surface area contributed by atoms with Crippen molar-refractivity contribution in [1.29, 1.82) is 0 Å².